The second-order valence-corrected chi connectivity index (χ2v) is 15.8. The Hall–Kier alpha value is -7.47. The first kappa shape index (κ1) is 32.7. The second-order valence-electron chi connectivity index (χ2n) is 14.7. The Bertz CT molecular complexity index is 3570. The lowest BCUT2D eigenvalue weighted by atomic mass is 9.93. The van der Waals surface area contributed by atoms with E-state index in [9.17, 15) is 0 Å². The average Bonchev–Trinajstić information content (AvgIpc) is 3.87. The van der Waals surface area contributed by atoms with Gasteiger partial charge in [-0.25, -0.2) is 15.0 Å². The molecule has 5 heteroatoms. The Labute approximate surface area is 337 Å². The summed E-state index contributed by atoms with van der Waals surface area (Å²) >= 11 is 1.84. The van der Waals surface area contributed by atoms with Gasteiger partial charge in [-0.05, 0) is 74.1 Å². The number of hydrogen-bond donors (Lipinski definition) is 0. The van der Waals surface area contributed by atoms with Gasteiger partial charge in [0.25, 0.3) is 0 Å². The number of hydrogen-bond acceptors (Lipinski definition) is 5. The predicted molar refractivity (Wildman–Crippen MR) is 242 cm³/mol. The van der Waals surface area contributed by atoms with E-state index in [0.29, 0.717) is 17.5 Å². The van der Waals surface area contributed by atoms with Crippen LogP contribution in [0.15, 0.2) is 192 Å². The molecule has 0 aliphatic heterocycles. The van der Waals surface area contributed by atoms with Crippen LogP contribution in [0, 0.1) is 0 Å². The molecule has 0 aliphatic rings. The lowest BCUT2D eigenvalue weighted by molar-refractivity contribution is 0.669. The van der Waals surface area contributed by atoms with Crippen molar-refractivity contribution >= 4 is 75.0 Å². The van der Waals surface area contributed by atoms with Crippen molar-refractivity contribution < 1.29 is 4.42 Å². The summed E-state index contributed by atoms with van der Waals surface area (Å²) in [6.07, 6.45) is 0. The molecule has 12 rings (SSSR count). The van der Waals surface area contributed by atoms with E-state index < -0.39 is 0 Å². The molecule has 9 aromatic carbocycles. The number of aromatic nitrogens is 3. The van der Waals surface area contributed by atoms with Crippen LogP contribution in [0.5, 0.6) is 0 Å². The molecule has 0 N–H and O–H groups in total. The highest BCUT2D eigenvalue weighted by atomic mass is 32.1. The van der Waals surface area contributed by atoms with E-state index in [-0.39, 0.29) is 0 Å². The third kappa shape index (κ3) is 5.25. The molecule has 3 aromatic heterocycles. The Morgan fingerprint density at radius 2 is 0.966 bits per heavy atom. The lowest BCUT2D eigenvalue weighted by Crippen LogP contribution is -2.00. The van der Waals surface area contributed by atoms with Crippen LogP contribution in [0.3, 0.4) is 0 Å². The van der Waals surface area contributed by atoms with Crippen molar-refractivity contribution in [1.82, 2.24) is 15.0 Å². The van der Waals surface area contributed by atoms with E-state index in [1.807, 2.05) is 53.8 Å². The van der Waals surface area contributed by atoms with E-state index >= 15 is 0 Å². The van der Waals surface area contributed by atoms with E-state index in [2.05, 4.69) is 146 Å². The van der Waals surface area contributed by atoms with Crippen molar-refractivity contribution in [3.8, 4) is 56.4 Å². The molecule has 4 nitrogen and oxygen atoms in total. The van der Waals surface area contributed by atoms with E-state index in [1.54, 1.807) is 0 Å². The molecule has 0 atom stereocenters. The van der Waals surface area contributed by atoms with Crippen LogP contribution in [0.25, 0.3) is 120 Å². The molecule has 0 saturated heterocycles. The third-order valence-corrected chi connectivity index (χ3v) is 12.6. The van der Waals surface area contributed by atoms with Gasteiger partial charge < -0.3 is 4.42 Å². The summed E-state index contributed by atoms with van der Waals surface area (Å²) in [4.78, 5) is 15.4. The summed E-state index contributed by atoms with van der Waals surface area (Å²) in [6.45, 7) is 0. The fourth-order valence-electron chi connectivity index (χ4n) is 8.59. The molecule has 0 aliphatic carbocycles. The van der Waals surface area contributed by atoms with Crippen molar-refractivity contribution in [3.63, 3.8) is 0 Å². The van der Waals surface area contributed by atoms with Crippen LogP contribution in [-0.2, 0) is 0 Å². The molecule has 12 aromatic rings. The van der Waals surface area contributed by atoms with Crippen molar-refractivity contribution in [3.05, 3.63) is 188 Å². The molecule has 0 amide bonds. The molecule has 3 heterocycles. The van der Waals surface area contributed by atoms with Crippen LogP contribution in [0.1, 0.15) is 0 Å². The first-order valence-corrected chi connectivity index (χ1v) is 20.2. The van der Waals surface area contributed by atoms with Crippen molar-refractivity contribution in [2.75, 3.05) is 0 Å². The minimum Gasteiger partial charge on any atom is -0.456 e. The SMILES string of the molecule is c1ccc(-c2nc(-c3ccc(-c4cc5ccccc5c5ccccc45)cc3)nc(-c3cccc4oc5ccc(-c6cccc7c6sc6ccccc67)cc5c34)n2)cc1. The minimum absolute atomic E-state index is 0.596. The van der Waals surface area contributed by atoms with Gasteiger partial charge in [0.05, 0.1) is 0 Å². The van der Waals surface area contributed by atoms with Gasteiger partial charge in [0, 0.05) is 47.6 Å². The molecule has 58 heavy (non-hydrogen) atoms. The Morgan fingerprint density at radius 1 is 0.345 bits per heavy atom. The molecular weight excluding hydrogens is 727 g/mol. The predicted octanol–water partition coefficient (Wildman–Crippen LogP) is 14.8. The first-order valence-electron chi connectivity index (χ1n) is 19.4. The molecule has 0 saturated carbocycles. The maximum atomic E-state index is 6.51. The fourth-order valence-corrected chi connectivity index (χ4v) is 9.83. The zero-order valence-electron chi connectivity index (χ0n) is 31.1. The second kappa shape index (κ2) is 13.1. The van der Waals surface area contributed by atoms with Gasteiger partial charge in [0.15, 0.2) is 17.5 Å². The quantitative estimate of drug-likeness (QED) is 0.164. The highest BCUT2D eigenvalue weighted by Crippen LogP contribution is 2.43. The standard InChI is InChI=1S/C53H31N3OS/c1-2-12-33(13-3-1)51-54-52(34-26-24-32(25-27-34)44-30-35-14-4-5-15-37(35)39-16-6-7-17-40(39)44)56-53(55-51)43-21-11-22-47-49(43)45-31-36(28-29-46(45)57-47)38-19-10-20-42-41-18-8-9-23-48(41)58-50(38)42/h1-31H. The Balaban J connectivity index is 1.02. The van der Waals surface area contributed by atoms with Gasteiger partial charge in [-0.2, -0.15) is 0 Å². The molecule has 0 spiro atoms. The van der Waals surface area contributed by atoms with Gasteiger partial charge in [-0.15, -0.1) is 11.3 Å². The number of benzene rings is 9. The van der Waals surface area contributed by atoms with Crippen LogP contribution >= 0.6 is 11.3 Å². The van der Waals surface area contributed by atoms with Crippen molar-refractivity contribution in [1.29, 1.82) is 0 Å². The van der Waals surface area contributed by atoms with Gasteiger partial charge >= 0.3 is 0 Å². The van der Waals surface area contributed by atoms with E-state index in [1.165, 1.54) is 52.8 Å². The summed E-state index contributed by atoms with van der Waals surface area (Å²) in [5.41, 5.74) is 9.04. The molecule has 0 fully saturated rings. The smallest absolute Gasteiger partial charge is 0.164 e. The highest BCUT2D eigenvalue weighted by Gasteiger charge is 2.20. The third-order valence-electron chi connectivity index (χ3n) is 11.3. The van der Waals surface area contributed by atoms with Gasteiger partial charge in [0.2, 0.25) is 0 Å². The van der Waals surface area contributed by atoms with Crippen LogP contribution < -0.4 is 0 Å². The summed E-state index contributed by atoms with van der Waals surface area (Å²) in [7, 11) is 0. The van der Waals surface area contributed by atoms with Gasteiger partial charge in [-0.3, -0.25) is 0 Å². The summed E-state index contributed by atoms with van der Waals surface area (Å²) in [5.74, 6) is 1.83. The minimum atomic E-state index is 0.596. The van der Waals surface area contributed by atoms with E-state index in [4.69, 9.17) is 19.4 Å². The monoisotopic (exact) mass is 757 g/mol. The van der Waals surface area contributed by atoms with Crippen LogP contribution in [-0.4, -0.2) is 15.0 Å². The number of furan rings is 1. The maximum Gasteiger partial charge on any atom is 0.164 e. The molecule has 0 radical (unpaired) electrons. The number of nitrogens with zero attached hydrogens (tertiary/aromatic N) is 3. The zero-order valence-corrected chi connectivity index (χ0v) is 31.9. The molecule has 0 bridgehead atoms. The van der Waals surface area contributed by atoms with Crippen LogP contribution in [0.4, 0.5) is 0 Å². The van der Waals surface area contributed by atoms with Crippen LogP contribution in [0.2, 0.25) is 0 Å². The first-order chi connectivity index (χ1) is 28.7. The molecule has 0 unspecified atom stereocenters. The van der Waals surface area contributed by atoms with E-state index in [0.717, 1.165) is 49.8 Å². The topological polar surface area (TPSA) is 51.8 Å². The molecular formula is C53H31N3OS. The highest BCUT2D eigenvalue weighted by molar-refractivity contribution is 7.26. The molecule has 270 valence electrons. The fraction of sp³-hybridized carbons (Fsp3) is 0. The summed E-state index contributed by atoms with van der Waals surface area (Å²) in [5, 5.41) is 9.54. The lowest BCUT2D eigenvalue weighted by Gasteiger charge is -2.12. The Kier molecular flexibility index (Phi) is 7.37. The summed E-state index contributed by atoms with van der Waals surface area (Å²) in [6, 6.07) is 66.2. The van der Waals surface area contributed by atoms with Gasteiger partial charge in [-0.1, -0.05) is 158 Å². The maximum absolute atomic E-state index is 6.51. The number of fused-ring (bicyclic) bond motifs is 9. The van der Waals surface area contributed by atoms with Gasteiger partial charge in [0.1, 0.15) is 11.2 Å². The number of thiophene rings is 1. The van der Waals surface area contributed by atoms with Crippen molar-refractivity contribution in [2.24, 2.45) is 0 Å². The average molecular weight is 758 g/mol. The van der Waals surface area contributed by atoms with Crippen molar-refractivity contribution in [2.45, 2.75) is 0 Å². The normalized spacial score (nSPS) is 11.8. The number of rotatable bonds is 5. The Morgan fingerprint density at radius 3 is 1.81 bits per heavy atom. The largest absolute Gasteiger partial charge is 0.456 e. The zero-order chi connectivity index (χ0) is 38.2. The summed E-state index contributed by atoms with van der Waals surface area (Å²) < 4.78 is 9.09.